The molecule has 18 heavy (non-hydrogen) atoms. The van der Waals surface area contributed by atoms with Crippen LogP contribution in [0.25, 0.3) is 0 Å². The van der Waals surface area contributed by atoms with Gasteiger partial charge < -0.3 is 10.6 Å². The summed E-state index contributed by atoms with van der Waals surface area (Å²) >= 11 is 3.28. The van der Waals surface area contributed by atoms with Gasteiger partial charge in [-0.3, -0.25) is 9.59 Å². The number of nitrogens with zero attached hydrogens (tertiary/aromatic N) is 1. The summed E-state index contributed by atoms with van der Waals surface area (Å²) < 4.78 is 0.831. The molecular formula is C12H12BrN3O2. The predicted molar refractivity (Wildman–Crippen MR) is 69.7 cm³/mol. The standard InChI is InChI=1S/C12H12BrN3O2/c13-10-3-1-2-9(8-10)12(18)16-7-6-15-11(17)4-5-14/h1-3,8H,4,6-7H2,(H,15,17)(H,16,18). The van der Waals surface area contributed by atoms with Crippen molar-refractivity contribution in [3.8, 4) is 6.07 Å². The number of carbonyl (C=O) groups excluding carboxylic acids is 2. The highest BCUT2D eigenvalue weighted by molar-refractivity contribution is 9.10. The average molecular weight is 310 g/mol. The molecule has 1 aromatic rings. The summed E-state index contributed by atoms with van der Waals surface area (Å²) in [5.74, 6) is -0.542. The lowest BCUT2D eigenvalue weighted by Crippen LogP contribution is -2.34. The summed E-state index contributed by atoms with van der Waals surface area (Å²) in [6.45, 7) is 0.628. The van der Waals surface area contributed by atoms with Crippen LogP contribution in [0.1, 0.15) is 16.8 Å². The highest BCUT2D eigenvalue weighted by atomic mass is 79.9. The molecule has 0 aromatic heterocycles. The summed E-state index contributed by atoms with van der Waals surface area (Å²) in [6, 6.07) is 8.76. The lowest BCUT2D eigenvalue weighted by molar-refractivity contribution is -0.120. The van der Waals surface area contributed by atoms with Crippen LogP contribution in [-0.4, -0.2) is 24.9 Å². The Kier molecular flexibility index (Phi) is 5.88. The van der Waals surface area contributed by atoms with Gasteiger partial charge in [-0.05, 0) is 18.2 Å². The van der Waals surface area contributed by atoms with Crippen LogP contribution >= 0.6 is 15.9 Å². The van der Waals surface area contributed by atoms with Crippen LogP contribution < -0.4 is 10.6 Å². The van der Waals surface area contributed by atoms with E-state index in [1.165, 1.54) is 0 Å². The van der Waals surface area contributed by atoms with E-state index in [4.69, 9.17) is 5.26 Å². The van der Waals surface area contributed by atoms with Crippen molar-refractivity contribution in [3.63, 3.8) is 0 Å². The van der Waals surface area contributed by atoms with Crippen LogP contribution in [0.15, 0.2) is 28.7 Å². The second kappa shape index (κ2) is 7.45. The second-order valence-corrected chi connectivity index (χ2v) is 4.37. The van der Waals surface area contributed by atoms with Gasteiger partial charge in [-0.2, -0.15) is 5.26 Å². The van der Waals surface area contributed by atoms with E-state index >= 15 is 0 Å². The van der Waals surface area contributed by atoms with E-state index in [0.29, 0.717) is 18.7 Å². The van der Waals surface area contributed by atoms with Gasteiger partial charge in [0.2, 0.25) is 5.91 Å². The van der Waals surface area contributed by atoms with Gasteiger partial charge in [0.15, 0.2) is 0 Å². The summed E-state index contributed by atoms with van der Waals surface area (Å²) in [6.07, 6.45) is -0.167. The first-order chi connectivity index (χ1) is 8.63. The number of carbonyl (C=O) groups is 2. The number of halogens is 1. The maximum Gasteiger partial charge on any atom is 0.251 e. The lowest BCUT2D eigenvalue weighted by atomic mass is 10.2. The molecule has 0 bridgehead atoms. The average Bonchev–Trinajstić information content (AvgIpc) is 2.35. The number of rotatable bonds is 5. The van der Waals surface area contributed by atoms with E-state index in [-0.39, 0.29) is 18.2 Å². The molecule has 0 spiro atoms. The van der Waals surface area contributed by atoms with E-state index in [0.717, 1.165) is 4.47 Å². The largest absolute Gasteiger partial charge is 0.353 e. The normalized spacial score (nSPS) is 9.33. The van der Waals surface area contributed by atoms with Crippen molar-refractivity contribution in [2.24, 2.45) is 0 Å². The highest BCUT2D eigenvalue weighted by Crippen LogP contribution is 2.11. The Morgan fingerprint density at radius 2 is 2.00 bits per heavy atom. The molecule has 0 fully saturated rings. The molecule has 0 aliphatic heterocycles. The number of benzene rings is 1. The van der Waals surface area contributed by atoms with Gasteiger partial charge in [0.1, 0.15) is 6.42 Å². The molecule has 0 aliphatic carbocycles. The van der Waals surface area contributed by atoms with Crippen LogP contribution in [-0.2, 0) is 4.79 Å². The first-order valence-corrected chi connectivity index (χ1v) is 6.10. The fourth-order valence-corrected chi connectivity index (χ4v) is 1.64. The van der Waals surface area contributed by atoms with Crippen molar-refractivity contribution < 1.29 is 9.59 Å². The Hall–Kier alpha value is -1.87. The van der Waals surface area contributed by atoms with Gasteiger partial charge in [0, 0.05) is 23.1 Å². The summed E-state index contributed by atoms with van der Waals surface area (Å²) in [5, 5.41) is 13.5. The molecule has 1 aromatic carbocycles. The third-order valence-electron chi connectivity index (χ3n) is 2.06. The number of nitriles is 1. The van der Waals surface area contributed by atoms with Gasteiger partial charge in [0.25, 0.3) is 5.91 Å². The minimum absolute atomic E-state index is 0.167. The smallest absolute Gasteiger partial charge is 0.251 e. The van der Waals surface area contributed by atoms with Crippen molar-refractivity contribution in [2.45, 2.75) is 6.42 Å². The molecule has 2 amide bonds. The van der Waals surface area contributed by atoms with Crippen molar-refractivity contribution in [2.75, 3.05) is 13.1 Å². The van der Waals surface area contributed by atoms with Crippen molar-refractivity contribution >= 4 is 27.7 Å². The summed E-state index contributed by atoms with van der Waals surface area (Å²) in [7, 11) is 0. The number of hydrogen-bond donors (Lipinski definition) is 2. The Morgan fingerprint density at radius 3 is 2.67 bits per heavy atom. The van der Waals surface area contributed by atoms with Crippen molar-refractivity contribution in [1.82, 2.24) is 10.6 Å². The van der Waals surface area contributed by atoms with Crippen molar-refractivity contribution in [1.29, 1.82) is 5.26 Å². The third kappa shape index (κ3) is 4.97. The maximum atomic E-state index is 11.7. The molecule has 1 rings (SSSR count). The molecule has 2 N–H and O–H groups in total. The minimum atomic E-state index is -0.339. The lowest BCUT2D eigenvalue weighted by Gasteiger charge is -2.06. The Labute approximate surface area is 113 Å². The summed E-state index contributed by atoms with van der Waals surface area (Å²) in [4.78, 5) is 22.6. The fourth-order valence-electron chi connectivity index (χ4n) is 1.24. The number of amides is 2. The predicted octanol–water partition coefficient (Wildman–Crippen LogP) is 1.21. The molecule has 94 valence electrons. The highest BCUT2D eigenvalue weighted by Gasteiger charge is 2.05. The van der Waals surface area contributed by atoms with Crippen LogP contribution in [0.5, 0.6) is 0 Å². The van der Waals surface area contributed by atoms with Crippen LogP contribution in [0, 0.1) is 11.3 Å². The van der Waals surface area contributed by atoms with E-state index in [1.54, 1.807) is 24.3 Å². The Balaban J connectivity index is 2.30. The number of nitrogens with one attached hydrogen (secondary N) is 2. The first-order valence-electron chi connectivity index (χ1n) is 5.31. The third-order valence-corrected chi connectivity index (χ3v) is 2.55. The van der Waals surface area contributed by atoms with E-state index in [2.05, 4.69) is 26.6 Å². The van der Waals surface area contributed by atoms with Crippen molar-refractivity contribution in [3.05, 3.63) is 34.3 Å². The zero-order valence-corrected chi connectivity index (χ0v) is 11.2. The topological polar surface area (TPSA) is 82.0 Å². The molecule has 0 saturated carbocycles. The fraction of sp³-hybridized carbons (Fsp3) is 0.250. The van der Waals surface area contributed by atoms with Crippen LogP contribution in [0.2, 0.25) is 0 Å². The van der Waals surface area contributed by atoms with E-state index in [9.17, 15) is 9.59 Å². The molecule has 0 atom stereocenters. The van der Waals surface area contributed by atoms with Gasteiger partial charge in [-0.1, -0.05) is 22.0 Å². The van der Waals surface area contributed by atoms with Gasteiger partial charge >= 0.3 is 0 Å². The van der Waals surface area contributed by atoms with E-state index < -0.39 is 0 Å². The van der Waals surface area contributed by atoms with Gasteiger partial charge in [0.05, 0.1) is 6.07 Å². The van der Waals surface area contributed by atoms with Crippen LogP contribution in [0.4, 0.5) is 0 Å². The molecule has 6 heteroatoms. The Morgan fingerprint density at radius 1 is 1.28 bits per heavy atom. The molecule has 0 aliphatic rings. The monoisotopic (exact) mass is 309 g/mol. The van der Waals surface area contributed by atoms with Crippen LogP contribution in [0.3, 0.4) is 0 Å². The minimum Gasteiger partial charge on any atom is -0.353 e. The SMILES string of the molecule is N#CCC(=O)NCCNC(=O)c1cccc(Br)c1. The molecule has 0 radical (unpaired) electrons. The van der Waals surface area contributed by atoms with Gasteiger partial charge in [-0.25, -0.2) is 0 Å². The molecular weight excluding hydrogens is 298 g/mol. The van der Waals surface area contributed by atoms with Gasteiger partial charge in [-0.15, -0.1) is 0 Å². The molecule has 0 heterocycles. The zero-order chi connectivity index (χ0) is 13.4. The maximum absolute atomic E-state index is 11.7. The quantitative estimate of drug-likeness (QED) is 0.802. The molecule has 0 saturated heterocycles. The molecule has 5 nitrogen and oxygen atoms in total. The number of hydrogen-bond acceptors (Lipinski definition) is 3. The second-order valence-electron chi connectivity index (χ2n) is 3.45. The zero-order valence-electron chi connectivity index (χ0n) is 9.57. The Bertz CT molecular complexity index is 482. The van der Waals surface area contributed by atoms with E-state index in [1.807, 2.05) is 6.07 Å². The first kappa shape index (κ1) is 14.2. The molecule has 0 unspecified atom stereocenters. The summed E-state index contributed by atoms with van der Waals surface area (Å²) in [5.41, 5.74) is 0.549.